The van der Waals surface area contributed by atoms with Crippen molar-refractivity contribution in [3.63, 3.8) is 0 Å². The van der Waals surface area contributed by atoms with E-state index in [1.165, 1.54) is 12.1 Å². The number of halogens is 3. The Bertz CT molecular complexity index is 608. The summed E-state index contributed by atoms with van der Waals surface area (Å²) in [6, 6.07) is 3.87. The topological polar surface area (TPSA) is 61.4 Å². The lowest BCUT2D eigenvalue weighted by atomic mass is 10.1. The molecule has 1 aliphatic heterocycles. The second-order valence-corrected chi connectivity index (χ2v) is 5.29. The molecule has 0 radical (unpaired) electrons. The predicted octanol–water partition coefficient (Wildman–Crippen LogP) is 2.63. The minimum atomic E-state index is -2.71. The molecule has 0 bridgehead atoms. The number of hydrogen-bond donors (Lipinski definition) is 4. The first-order valence-corrected chi connectivity index (χ1v) is 7.12. The first kappa shape index (κ1) is 16.5. The van der Waals surface area contributed by atoms with Crippen LogP contribution in [0.25, 0.3) is 0 Å². The van der Waals surface area contributed by atoms with Gasteiger partial charge in [0.2, 0.25) is 6.43 Å². The van der Waals surface area contributed by atoms with Crippen molar-refractivity contribution in [2.45, 2.75) is 24.6 Å². The molecule has 3 N–H and O–H groups in total. The Kier molecular flexibility index (Phi) is 5.23. The van der Waals surface area contributed by atoms with Crippen molar-refractivity contribution in [3.8, 4) is 0 Å². The smallest absolute Gasteiger partial charge is 0.253 e. The van der Waals surface area contributed by atoms with Gasteiger partial charge in [-0.3, -0.25) is 4.79 Å². The predicted molar refractivity (Wildman–Crippen MR) is 79.8 cm³/mol. The molecule has 1 aromatic rings. The van der Waals surface area contributed by atoms with Crippen LogP contribution in [0.2, 0.25) is 0 Å². The molecule has 0 fully saturated rings. The molecule has 8 heteroatoms. The molecule has 2 rings (SSSR count). The zero-order chi connectivity index (χ0) is 16.3. The number of alkyl halides is 2. The van der Waals surface area contributed by atoms with Crippen LogP contribution >= 0.6 is 12.6 Å². The number of carbonyl (C=O) groups is 1. The van der Waals surface area contributed by atoms with Crippen molar-refractivity contribution in [2.75, 3.05) is 11.9 Å². The largest absolute Gasteiger partial charge is 0.512 e. The van der Waals surface area contributed by atoms with Gasteiger partial charge in [-0.15, -0.1) is 12.6 Å². The lowest BCUT2D eigenvalue weighted by molar-refractivity contribution is -0.118. The monoisotopic (exact) mass is 332 g/mol. The second-order valence-electron chi connectivity index (χ2n) is 4.77. The molecule has 0 aromatic heterocycles. The third-order valence-corrected chi connectivity index (χ3v) is 3.63. The van der Waals surface area contributed by atoms with Crippen molar-refractivity contribution in [1.82, 2.24) is 5.32 Å². The van der Waals surface area contributed by atoms with Gasteiger partial charge in [0, 0.05) is 30.6 Å². The number of nitrogens with one attached hydrogen (secondary N) is 2. The van der Waals surface area contributed by atoms with Crippen LogP contribution in [-0.4, -0.2) is 29.4 Å². The summed E-state index contributed by atoms with van der Waals surface area (Å²) in [7, 11) is 0. The number of aliphatic hydroxyl groups excluding tert-OH is 1. The summed E-state index contributed by atoms with van der Waals surface area (Å²) in [6.45, 7) is 0.311. The van der Waals surface area contributed by atoms with Crippen LogP contribution in [0.15, 0.2) is 29.5 Å². The number of hydrogen-bond acceptors (Lipinski definition) is 4. The highest BCUT2D eigenvalue weighted by Crippen LogP contribution is 2.26. The normalized spacial score (nSPS) is 16.7. The maximum absolute atomic E-state index is 13.7. The Hall–Kier alpha value is -1.83. The summed E-state index contributed by atoms with van der Waals surface area (Å²) in [4.78, 5) is 11.8. The summed E-state index contributed by atoms with van der Waals surface area (Å²) in [5.74, 6) is -1.39. The lowest BCUT2D eigenvalue weighted by Crippen LogP contribution is -2.37. The Morgan fingerprint density at radius 3 is 2.77 bits per heavy atom. The number of aliphatic hydroxyl groups is 1. The number of anilines is 1. The van der Waals surface area contributed by atoms with E-state index < -0.39 is 29.9 Å². The van der Waals surface area contributed by atoms with Crippen molar-refractivity contribution in [1.29, 1.82) is 0 Å². The molecule has 1 atom stereocenters. The van der Waals surface area contributed by atoms with Gasteiger partial charge in [0.25, 0.3) is 5.91 Å². The quantitative estimate of drug-likeness (QED) is 0.495. The minimum absolute atomic E-state index is 0.00171. The molecule has 1 heterocycles. The first-order chi connectivity index (χ1) is 10.4. The summed E-state index contributed by atoms with van der Waals surface area (Å²) < 4.78 is 38.9. The third kappa shape index (κ3) is 3.68. The Labute approximate surface area is 130 Å². The van der Waals surface area contributed by atoms with Crippen LogP contribution in [-0.2, 0) is 11.2 Å². The first-order valence-electron chi connectivity index (χ1n) is 6.60. The summed E-state index contributed by atoms with van der Waals surface area (Å²) >= 11 is 4.18. The van der Waals surface area contributed by atoms with Crippen LogP contribution in [0, 0.1) is 5.82 Å². The van der Waals surface area contributed by atoms with E-state index in [9.17, 15) is 23.1 Å². The fourth-order valence-electron chi connectivity index (χ4n) is 2.21. The molecule has 22 heavy (non-hydrogen) atoms. The number of amides is 1. The van der Waals surface area contributed by atoms with E-state index in [-0.39, 0.29) is 29.0 Å². The van der Waals surface area contributed by atoms with Crippen LogP contribution in [0.5, 0.6) is 0 Å². The Morgan fingerprint density at radius 1 is 1.41 bits per heavy atom. The standard InChI is InChI=1S/C14H15F3N2O2S/c15-8-2-1-3-9(7(8)6-11(16)17)19-14(22)12-10(20)4-5-18-13(12)21/h1-3,11,14,19-20,22H,4-6H2,(H,18,21). The maximum Gasteiger partial charge on any atom is 0.253 e. The van der Waals surface area contributed by atoms with Gasteiger partial charge in [-0.2, -0.15) is 0 Å². The molecule has 1 unspecified atom stereocenters. The van der Waals surface area contributed by atoms with E-state index in [1.807, 2.05) is 0 Å². The molecule has 1 aliphatic rings. The molecule has 0 saturated heterocycles. The molecule has 1 aromatic carbocycles. The average molecular weight is 332 g/mol. The van der Waals surface area contributed by atoms with Gasteiger partial charge in [-0.25, -0.2) is 13.2 Å². The molecule has 0 spiro atoms. The van der Waals surface area contributed by atoms with Crippen molar-refractivity contribution < 1.29 is 23.1 Å². The highest BCUT2D eigenvalue weighted by Gasteiger charge is 2.26. The van der Waals surface area contributed by atoms with E-state index in [4.69, 9.17) is 0 Å². The van der Waals surface area contributed by atoms with Crippen LogP contribution < -0.4 is 10.6 Å². The fraction of sp³-hybridized carbons (Fsp3) is 0.357. The van der Waals surface area contributed by atoms with Gasteiger partial charge in [0.1, 0.15) is 17.0 Å². The molecule has 1 amide bonds. The van der Waals surface area contributed by atoms with Crippen LogP contribution in [0.1, 0.15) is 12.0 Å². The highest BCUT2D eigenvalue weighted by atomic mass is 32.1. The number of rotatable bonds is 5. The Morgan fingerprint density at radius 2 is 2.14 bits per heavy atom. The SMILES string of the molecule is O=C1NCCC(O)=C1C(S)Nc1cccc(F)c1CC(F)F. The second kappa shape index (κ2) is 6.95. The highest BCUT2D eigenvalue weighted by molar-refractivity contribution is 7.81. The van der Waals surface area contributed by atoms with Crippen molar-refractivity contribution in [2.24, 2.45) is 0 Å². The van der Waals surface area contributed by atoms with E-state index in [0.717, 1.165) is 6.07 Å². The summed E-state index contributed by atoms with van der Waals surface area (Å²) in [5.41, 5.74) is -0.0753. The average Bonchev–Trinajstić information content (AvgIpc) is 2.42. The zero-order valence-corrected chi connectivity index (χ0v) is 12.3. The van der Waals surface area contributed by atoms with Gasteiger partial charge in [0.15, 0.2) is 0 Å². The lowest BCUT2D eigenvalue weighted by Gasteiger charge is -2.23. The number of carbonyl (C=O) groups excluding carboxylic acids is 1. The summed E-state index contributed by atoms with van der Waals surface area (Å²) in [6.07, 6.45) is -3.21. The molecule has 120 valence electrons. The van der Waals surface area contributed by atoms with E-state index in [1.54, 1.807) is 0 Å². The van der Waals surface area contributed by atoms with E-state index >= 15 is 0 Å². The number of thiol groups is 1. The molecular formula is C14H15F3N2O2S. The third-order valence-electron chi connectivity index (χ3n) is 3.25. The zero-order valence-electron chi connectivity index (χ0n) is 11.4. The van der Waals surface area contributed by atoms with Crippen molar-refractivity contribution >= 4 is 24.2 Å². The van der Waals surface area contributed by atoms with Crippen molar-refractivity contribution in [3.05, 3.63) is 40.9 Å². The van der Waals surface area contributed by atoms with Gasteiger partial charge in [0.05, 0.1) is 5.57 Å². The fourth-order valence-corrected chi connectivity index (χ4v) is 2.62. The Balaban J connectivity index is 2.27. The van der Waals surface area contributed by atoms with E-state index in [0.29, 0.717) is 6.54 Å². The van der Waals surface area contributed by atoms with Crippen LogP contribution in [0.4, 0.5) is 18.9 Å². The van der Waals surface area contributed by atoms with Gasteiger partial charge < -0.3 is 15.7 Å². The molecule has 0 aliphatic carbocycles. The van der Waals surface area contributed by atoms with Crippen LogP contribution in [0.3, 0.4) is 0 Å². The summed E-state index contributed by atoms with van der Waals surface area (Å²) in [5, 5.41) is 14.1. The van der Waals surface area contributed by atoms with Gasteiger partial charge >= 0.3 is 0 Å². The molecular weight excluding hydrogens is 317 g/mol. The minimum Gasteiger partial charge on any atom is -0.512 e. The van der Waals surface area contributed by atoms with Gasteiger partial charge in [-0.1, -0.05) is 6.07 Å². The number of benzene rings is 1. The molecule has 0 saturated carbocycles. The van der Waals surface area contributed by atoms with Gasteiger partial charge in [-0.05, 0) is 12.1 Å². The maximum atomic E-state index is 13.7. The molecule has 4 nitrogen and oxygen atoms in total. The van der Waals surface area contributed by atoms with E-state index in [2.05, 4.69) is 23.3 Å².